The maximum atomic E-state index is 13.0. The van der Waals surface area contributed by atoms with Gasteiger partial charge in [-0.1, -0.05) is 6.92 Å². The summed E-state index contributed by atoms with van der Waals surface area (Å²) in [5.74, 6) is -1.39. The molecule has 0 aromatic carbocycles. The number of nitrogens with one attached hydrogen (secondary N) is 1. The molecule has 1 aromatic heterocycles. The van der Waals surface area contributed by atoms with Crippen LogP contribution in [0.15, 0.2) is 27.0 Å². The molecule has 1 N–H and O–H groups in total. The van der Waals surface area contributed by atoms with Crippen LogP contribution in [-0.2, 0) is 11.2 Å². The second-order valence-electron chi connectivity index (χ2n) is 8.77. The lowest BCUT2D eigenvalue weighted by atomic mass is 10.0. The lowest BCUT2D eigenvalue weighted by molar-refractivity contribution is -0.149. The quantitative estimate of drug-likeness (QED) is 0.516. The molecule has 2 fully saturated rings. The van der Waals surface area contributed by atoms with Crippen molar-refractivity contribution in [3.63, 3.8) is 0 Å². The SMILES string of the molecule is CCc1cc(C2CCCN2CC(=O)N2CCN(C(=NC)/N=C\C(C)C(F)(F)F)CC2)c[nH]c1=O. The van der Waals surface area contributed by atoms with Crippen LogP contribution in [0.5, 0.6) is 0 Å². The molecule has 11 heteroatoms. The molecule has 3 rings (SSSR count). The van der Waals surface area contributed by atoms with Crippen molar-refractivity contribution in [2.24, 2.45) is 15.9 Å². The Kier molecular flexibility index (Phi) is 8.51. The van der Waals surface area contributed by atoms with Gasteiger partial charge in [-0.3, -0.25) is 19.5 Å². The van der Waals surface area contributed by atoms with E-state index in [9.17, 15) is 22.8 Å². The Bertz CT molecular complexity index is 966. The van der Waals surface area contributed by atoms with Crippen molar-refractivity contribution < 1.29 is 18.0 Å². The highest BCUT2D eigenvalue weighted by Gasteiger charge is 2.35. The third kappa shape index (κ3) is 6.25. The fourth-order valence-electron chi connectivity index (χ4n) is 4.37. The standard InChI is InChI=1S/C23H33F3N6O2/c1-4-17-12-18(14-28-21(17)34)19-6-5-7-32(19)15-20(33)30-8-10-31(11-9-30)22(27-3)29-13-16(2)23(24,25)26/h12-14,16,19H,4-11,15H2,1-3H3,(H,28,34)/b27-22?,29-13-. The van der Waals surface area contributed by atoms with Gasteiger partial charge in [0.1, 0.15) is 0 Å². The summed E-state index contributed by atoms with van der Waals surface area (Å²) in [6, 6.07) is 2.03. The van der Waals surface area contributed by atoms with Gasteiger partial charge in [-0.2, -0.15) is 13.2 Å². The molecule has 2 aliphatic rings. The summed E-state index contributed by atoms with van der Waals surface area (Å²) in [4.78, 5) is 41.4. The maximum absolute atomic E-state index is 13.0. The molecule has 0 aliphatic carbocycles. The van der Waals surface area contributed by atoms with E-state index < -0.39 is 12.1 Å². The van der Waals surface area contributed by atoms with Crippen LogP contribution in [-0.4, -0.2) is 90.3 Å². The van der Waals surface area contributed by atoms with Gasteiger partial charge in [0, 0.05) is 57.2 Å². The number of nitrogens with zero attached hydrogens (tertiary/aromatic N) is 5. The monoisotopic (exact) mass is 482 g/mol. The highest BCUT2D eigenvalue weighted by Crippen LogP contribution is 2.31. The summed E-state index contributed by atoms with van der Waals surface area (Å²) in [5.41, 5.74) is 1.70. The molecular formula is C23H33F3N6O2. The minimum atomic E-state index is -4.34. The zero-order valence-corrected chi connectivity index (χ0v) is 19.9. The number of aromatic amines is 1. The third-order valence-corrected chi connectivity index (χ3v) is 6.52. The number of carbonyl (C=O) groups is 1. The number of H-pyrrole nitrogens is 1. The van der Waals surface area contributed by atoms with Crippen molar-refractivity contribution in [1.29, 1.82) is 0 Å². The lowest BCUT2D eigenvalue weighted by Crippen LogP contribution is -2.52. The predicted octanol–water partition coefficient (Wildman–Crippen LogP) is 2.47. The van der Waals surface area contributed by atoms with E-state index in [2.05, 4.69) is 19.9 Å². The Balaban J connectivity index is 1.56. The molecule has 3 heterocycles. The minimum absolute atomic E-state index is 0.0240. The minimum Gasteiger partial charge on any atom is -0.338 e. The summed E-state index contributed by atoms with van der Waals surface area (Å²) < 4.78 is 38.2. The first-order chi connectivity index (χ1) is 16.1. The van der Waals surface area contributed by atoms with Gasteiger partial charge in [0.25, 0.3) is 5.56 Å². The van der Waals surface area contributed by atoms with Crippen LogP contribution in [0.4, 0.5) is 13.2 Å². The summed E-state index contributed by atoms with van der Waals surface area (Å²) in [6.45, 7) is 5.93. The van der Waals surface area contributed by atoms with Gasteiger partial charge in [0.15, 0.2) is 0 Å². The average molecular weight is 483 g/mol. The Labute approximate surface area is 197 Å². The second-order valence-corrected chi connectivity index (χ2v) is 8.77. The summed E-state index contributed by atoms with van der Waals surface area (Å²) in [6.07, 6.45) is 0.848. The zero-order valence-electron chi connectivity index (χ0n) is 19.9. The van der Waals surface area contributed by atoms with Crippen LogP contribution >= 0.6 is 0 Å². The molecule has 2 aliphatic heterocycles. The van der Waals surface area contributed by atoms with E-state index in [4.69, 9.17) is 0 Å². The number of pyridine rings is 1. The van der Waals surface area contributed by atoms with Crippen molar-refractivity contribution in [1.82, 2.24) is 19.7 Å². The number of likely N-dealkylation sites (tertiary alicyclic amines) is 1. The molecule has 0 saturated carbocycles. The topological polar surface area (TPSA) is 84.4 Å². The summed E-state index contributed by atoms with van der Waals surface area (Å²) in [5, 5.41) is 0. The number of piperazine rings is 1. The molecule has 1 aromatic rings. The first-order valence-electron chi connectivity index (χ1n) is 11.7. The highest BCUT2D eigenvalue weighted by molar-refractivity contribution is 5.88. The molecular weight excluding hydrogens is 449 g/mol. The van der Waals surface area contributed by atoms with Gasteiger partial charge in [-0.25, -0.2) is 4.99 Å². The lowest BCUT2D eigenvalue weighted by Gasteiger charge is -2.36. The van der Waals surface area contributed by atoms with E-state index in [1.54, 1.807) is 16.0 Å². The van der Waals surface area contributed by atoms with E-state index in [1.807, 2.05) is 13.0 Å². The smallest absolute Gasteiger partial charge is 0.338 e. The molecule has 188 valence electrons. The Hall–Kier alpha value is -2.69. The average Bonchev–Trinajstić information content (AvgIpc) is 3.27. The van der Waals surface area contributed by atoms with Crippen molar-refractivity contribution in [2.45, 2.75) is 45.3 Å². The first-order valence-corrected chi connectivity index (χ1v) is 11.7. The zero-order chi connectivity index (χ0) is 24.9. The van der Waals surface area contributed by atoms with Crippen molar-refractivity contribution in [2.75, 3.05) is 46.3 Å². The van der Waals surface area contributed by atoms with Gasteiger partial charge in [-0.15, -0.1) is 0 Å². The van der Waals surface area contributed by atoms with Crippen molar-refractivity contribution in [3.05, 3.63) is 33.7 Å². The van der Waals surface area contributed by atoms with Crippen LogP contribution in [0.25, 0.3) is 0 Å². The molecule has 0 bridgehead atoms. The van der Waals surface area contributed by atoms with Crippen LogP contribution in [0.3, 0.4) is 0 Å². The number of aromatic nitrogens is 1. The maximum Gasteiger partial charge on any atom is 0.396 e. The molecule has 2 atom stereocenters. The van der Waals surface area contributed by atoms with Crippen LogP contribution in [0, 0.1) is 5.92 Å². The number of aliphatic imine (C=N–C) groups is 2. The largest absolute Gasteiger partial charge is 0.396 e. The van der Waals surface area contributed by atoms with Gasteiger partial charge < -0.3 is 14.8 Å². The number of guanidine groups is 1. The Morgan fingerprint density at radius 2 is 1.91 bits per heavy atom. The number of amides is 1. The molecule has 0 radical (unpaired) electrons. The van der Waals surface area contributed by atoms with Crippen LogP contribution in [0.1, 0.15) is 43.9 Å². The molecule has 0 spiro atoms. The van der Waals surface area contributed by atoms with E-state index in [0.717, 1.165) is 43.7 Å². The Morgan fingerprint density at radius 3 is 2.53 bits per heavy atom. The second kappa shape index (κ2) is 11.2. The van der Waals surface area contributed by atoms with E-state index in [0.29, 0.717) is 39.1 Å². The number of halogens is 3. The van der Waals surface area contributed by atoms with Crippen molar-refractivity contribution >= 4 is 18.1 Å². The summed E-state index contributed by atoms with van der Waals surface area (Å²) in [7, 11) is 1.50. The van der Waals surface area contributed by atoms with Gasteiger partial charge in [0.05, 0.1) is 12.5 Å². The van der Waals surface area contributed by atoms with Crippen molar-refractivity contribution in [3.8, 4) is 0 Å². The number of aryl methyl sites for hydroxylation is 1. The number of hydrogen-bond acceptors (Lipinski definition) is 4. The van der Waals surface area contributed by atoms with E-state index in [1.165, 1.54) is 7.05 Å². The fourth-order valence-corrected chi connectivity index (χ4v) is 4.37. The number of rotatable bonds is 5. The first kappa shape index (κ1) is 25.9. The Morgan fingerprint density at radius 1 is 1.24 bits per heavy atom. The van der Waals surface area contributed by atoms with Gasteiger partial charge >= 0.3 is 6.18 Å². The summed E-state index contributed by atoms with van der Waals surface area (Å²) >= 11 is 0. The molecule has 34 heavy (non-hydrogen) atoms. The van der Waals surface area contributed by atoms with Gasteiger partial charge in [0.2, 0.25) is 11.9 Å². The molecule has 2 saturated heterocycles. The molecule has 1 amide bonds. The number of alkyl halides is 3. The molecule has 8 nitrogen and oxygen atoms in total. The normalized spacial score (nSPS) is 21.5. The van der Waals surface area contributed by atoms with Crippen LogP contribution in [0.2, 0.25) is 0 Å². The number of hydrogen-bond donors (Lipinski definition) is 1. The third-order valence-electron chi connectivity index (χ3n) is 6.52. The predicted molar refractivity (Wildman–Crippen MR) is 125 cm³/mol. The fraction of sp³-hybridized carbons (Fsp3) is 0.652. The van der Waals surface area contributed by atoms with E-state index >= 15 is 0 Å². The van der Waals surface area contributed by atoms with Gasteiger partial charge in [-0.05, 0) is 44.4 Å². The molecule has 2 unspecified atom stereocenters. The highest BCUT2D eigenvalue weighted by atomic mass is 19.4. The van der Waals surface area contributed by atoms with E-state index in [-0.39, 0.29) is 23.5 Å². The van der Waals surface area contributed by atoms with Crippen LogP contribution < -0.4 is 5.56 Å². The number of carbonyl (C=O) groups excluding carboxylic acids is 1.